The molecule has 0 bridgehead atoms. The number of amides is 1. The van der Waals surface area contributed by atoms with Crippen molar-refractivity contribution in [2.24, 2.45) is 7.05 Å². The van der Waals surface area contributed by atoms with Crippen LogP contribution in [0.1, 0.15) is 29.4 Å². The quantitative estimate of drug-likeness (QED) is 0.825. The summed E-state index contributed by atoms with van der Waals surface area (Å²) in [6, 6.07) is 10.6. The number of fused-ring (bicyclic) bond motifs is 1. The van der Waals surface area contributed by atoms with E-state index in [4.69, 9.17) is 0 Å². The van der Waals surface area contributed by atoms with Crippen LogP contribution in [0, 0.1) is 0 Å². The Morgan fingerprint density at radius 1 is 1.22 bits per heavy atom. The maximum Gasteiger partial charge on any atom is 0.246 e. The molecule has 0 saturated carbocycles. The van der Waals surface area contributed by atoms with E-state index in [1.807, 2.05) is 24.0 Å². The van der Waals surface area contributed by atoms with Gasteiger partial charge in [0, 0.05) is 45.7 Å². The van der Waals surface area contributed by atoms with Crippen molar-refractivity contribution in [3.63, 3.8) is 0 Å². The fraction of sp³-hybridized carbons (Fsp3) is 0.524. The van der Waals surface area contributed by atoms with Gasteiger partial charge in [-0.05, 0) is 26.1 Å². The van der Waals surface area contributed by atoms with Crippen LogP contribution in [0.25, 0.3) is 0 Å². The molecule has 1 aromatic carbocycles. The third-order valence-corrected chi connectivity index (χ3v) is 5.99. The summed E-state index contributed by atoms with van der Waals surface area (Å²) in [5.74, 6) is 0.222. The Morgan fingerprint density at radius 3 is 2.70 bits per heavy atom. The normalized spacial score (nSPS) is 23.0. The number of hydrogen-bond donors (Lipinski definition) is 0. The molecule has 1 saturated heterocycles. The van der Waals surface area contributed by atoms with Crippen LogP contribution in [0.4, 0.5) is 0 Å². The Kier molecular flexibility index (Phi) is 5.02. The Balaban J connectivity index is 1.62. The number of likely N-dealkylation sites (N-methyl/N-ethyl adjacent to an activating group) is 1. The van der Waals surface area contributed by atoms with Crippen LogP contribution in [0.5, 0.6) is 0 Å². The standard InChI is InChI=1S/C21H29N5O/c1-23(2)17-9-11-26(14-17)21(27)20-19-18(22-15-24(19)3)10-12-25(20)13-16-7-5-4-6-8-16/h4-8,15,17,20H,9-14H2,1-3H3/t17-,20-/m1/s1. The van der Waals surface area contributed by atoms with Crippen LogP contribution in [0.3, 0.4) is 0 Å². The smallest absolute Gasteiger partial charge is 0.246 e. The molecule has 6 nitrogen and oxygen atoms in total. The van der Waals surface area contributed by atoms with Crippen LogP contribution in [0.15, 0.2) is 36.7 Å². The highest BCUT2D eigenvalue weighted by Crippen LogP contribution is 2.33. The van der Waals surface area contributed by atoms with Crippen LogP contribution in [-0.4, -0.2) is 69.9 Å². The molecule has 27 heavy (non-hydrogen) atoms. The van der Waals surface area contributed by atoms with Crippen molar-refractivity contribution in [1.29, 1.82) is 0 Å². The minimum Gasteiger partial charge on any atom is -0.339 e. The van der Waals surface area contributed by atoms with Gasteiger partial charge in [0.2, 0.25) is 5.91 Å². The number of nitrogens with zero attached hydrogens (tertiary/aromatic N) is 5. The van der Waals surface area contributed by atoms with Crippen molar-refractivity contribution in [2.75, 3.05) is 33.7 Å². The topological polar surface area (TPSA) is 44.6 Å². The molecule has 1 aromatic heterocycles. The van der Waals surface area contributed by atoms with E-state index in [1.165, 1.54) is 5.56 Å². The van der Waals surface area contributed by atoms with Crippen LogP contribution < -0.4 is 0 Å². The lowest BCUT2D eigenvalue weighted by Gasteiger charge is -2.37. The van der Waals surface area contributed by atoms with Gasteiger partial charge in [-0.3, -0.25) is 9.69 Å². The van der Waals surface area contributed by atoms with Gasteiger partial charge < -0.3 is 14.4 Å². The fourth-order valence-corrected chi connectivity index (χ4v) is 4.38. The highest BCUT2D eigenvalue weighted by molar-refractivity contribution is 5.84. The number of carbonyl (C=O) groups excluding carboxylic acids is 1. The molecule has 0 unspecified atom stereocenters. The number of hydrogen-bond acceptors (Lipinski definition) is 4. The summed E-state index contributed by atoms with van der Waals surface area (Å²) in [6.45, 7) is 3.30. The van der Waals surface area contributed by atoms with Crippen molar-refractivity contribution >= 4 is 5.91 Å². The van der Waals surface area contributed by atoms with Crippen molar-refractivity contribution < 1.29 is 4.79 Å². The molecule has 1 amide bonds. The average Bonchev–Trinajstić information content (AvgIpc) is 3.30. The summed E-state index contributed by atoms with van der Waals surface area (Å²) in [4.78, 5) is 24.8. The van der Waals surface area contributed by atoms with Crippen molar-refractivity contribution in [3.05, 3.63) is 53.6 Å². The third-order valence-electron chi connectivity index (χ3n) is 5.99. The SMILES string of the molecule is CN(C)[C@@H]1CCN(C(=O)[C@H]2c3c(ncn3C)CCN2Cc2ccccc2)C1. The van der Waals surface area contributed by atoms with E-state index in [0.717, 1.165) is 50.4 Å². The first-order valence-electron chi connectivity index (χ1n) is 9.78. The molecule has 4 rings (SSSR count). The number of aryl methyl sites for hydroxylation is 1. The molecular weight excluding hydrogens is 338 g/mol. The van der Waals surface area contributed by atoms with Crippen LogP contribution in [-0.2, 0) is 24.8 Å². The molecule has 2 aromatic rings. The van der Waals surface area contributed by atoms with Gasteiger partial charge in [-0.15, -0.1) is 0 Å². The van der Waals surface area contributed by atoms with E-state index in [1.54, 1.807) is 0 Å². The zero-order valence-corrected chi connectivity index (χ0v) is 16.5. The van der Waals surface area contributed by atoms with Gasteiger partial charge >= 0.3 is 0 Å². The van der Waals surface area contributed by atoms with Gasteiger partial charge in [0.25, 0.3) is 0 Å². The van der Waals surface area contributed by atoms with E-state index >= 15 is 0 Å². The number of likely N-dealkylation sites (tertiary alicyclic amines) is 1. The number of rotatable bonds is 4. The highest BCUT2D eigenvalue weighted by atomic mass is 16.2. The monoisotopic (exact) mass is 367 g/mol. The Labute approximate surface area is 161 Å². The van der Waals surface area contributed by atoms with E-state index in [0.29, 0.717) is 6.04 Å². The van der Waals surface area contributed by atoms with Gasteiger partial charge in [0.05, 0.1) is 17.7 Å². The predicted molar refractivity (Wildman–Crippen MR) is 105 cm³/mol. The second-order valence-corrected chi connectivity index (χ2v) is 7.99. The first kappa shape index (κ1) is 18.2. The molecular formula is C21H29N5O. The van der Waals surface area contributed by atoms with Gasteiger partial charge in [-0.2, -0.15) is 0 Å². The summed E-state index contributed by atoms with van der Waals surface area (Å²) in [6.07, 6.45) is 3.79. The first-order valence-corrected chi connectivity index (χ1v) is 9.78. The molecule has 2 aliphatic heterocycles. The minimum absolute atomic E-state index is 0.222. The van der Waals surface area contributed by atoms with Crippen molar-refractivity contribution in [2.45, 2.75) is 31.5 Å². The van der Waals surface area contributed by atoms with E-state index in [9.17, 15) is 4.79 Å². The van der Waals surface area contributed by atoms with E-state index < -0.39 is 0 Å². The van der Waals surface area contributed by atoms with E-state index in [-0.39, 0.29) is 11.9 Å². The minimum atomic E-state index is -0.248. The summed E-state index contributed by atoms with van der Waals surface area (Å²) < 4.78 is 2.04. The molecule has 1 fully saturated rings. The zero-order chi connectivity index (χ0) is 19.0. The summed E-state index contributed by atoms with van der Waals surface area (Å²) in [5, 5.41) is 0. The highest BCUT2D eigenvalue weighted by Gasteiger charge is 2.40. The van der Waals surface area contributed by atoms with Crippen LogP contribution in [0.2, 0.25) is 0 Å². The first-order chi connectivity index (χ1) is 13.0. The van der Waals surface area contributed by atoms with Crippen molar-refractivity contribution in [1.82, 2.24) is 24.3 Å². The van der Waals surface area contributed by atoms with Gasteiger partial charge in [0.15, 0.2) is 0 Å². The second-order valence-electron chi connectivity index (χ2n) is 7.99. The lowest BCUT2D eigenvalue weighted by molar-refractivity contribution is -0.137. The molecule has 144 valence electrons. The fourth-order valence-electron chi connectivity index (χ4n) is 4.38. The molecule has 3 heterocycles. The van der Waals surface area contributed by atoms with Crippen LogP contribution >= 0.6 is 0 Å². The maximum atomic E-state index is 13.6. The number of aromatic nitrogens is 2. The summed E-state index contributed by atoms with van der Waals surface area (Å²) >= 11 is 0. The molecule has 0 radical (unpaired) electrons. The molecule has 0 N–H and O–H groups in total. The van der Waals surface area contributed by atoms with E-state index in [2.05, 4.69) is 58.0 Å². The number of benzene rings is 1. The second kappa shape index (κ2) is 7.44. The number of imidazole rings is 1. The summed E-state index contributed by atoms with van der Waals surface area (Å²) in [7, 11) is 6.20. The molecule has 0 aliphatic carbocycles. The molecule has 2 aliphatic rings. The van der Waals surface area contributed by atoms with Gasteiger partial charge in [-0.25, -0.2) is 4.98 Å². The Morgan fingerprint density at radius 2 is 2.00 bits per heavy atom. The van der Waals surface area contributed by atoms with Gasteiger partial charge in [-0.1, -0.05) is 30.3 Å². The van der Waals surface area contributed by atoms with Gasteiger partial charge in [0.1, 0.15) is 6.04 Å². The number of carbonyl (C=O) groups is 1. The Hall–Kier alpha value is -2.18. The zero-order valence-electron chi connectivity index (χ0n) is 16.5. The molecule has 0 spiro atoms. The average molecular weight is 367 g/mol. The summed E-state index contributed by atoms with van der Waals surface area (Å²) in [5.41, 5.74) is 3.38. The maximum absolute atomic E-state index is 13.6. The molecule has 2 atom stereocenters. The third kappa shape index (κ3) is 3.51. The lowest BCUT2D eigenvalue weighted by atomic mass is 10.00. The predicted octanol–water partition coefficient (Wildman–Crippen LogP) is 1.68. The largest absolute Gasteiger partial charge is 0.339 e. The van der Waals surface area contributed by atoms with Crippen molar-refractivity contribution in [3.8, 4) is 0 Å². The molecule has 6 heteroatoms. The Bertz CT molecular complexity index is 800. The lowest BCUT2D eigenvalue weighted by Crippen LogP contribution is -2.46.